The Hall–Kier alpha value is -2.66. The third-order valence-electron chi connectivity index (χ3n) is 3.49. The normalized spacial score (nSPS) is 13.1. The van der Waals surface area contributed by atoms with Gasteiger partial charge in [-0.15, -0.1) is 0 Å². The van der Waals surface area contributed by atoms with Crippen LogP contribution in [0.25, 0.3) is 0 Å². The van der Waals surface area contributed by atoms with Crippen LogP contribution in [0.2, 0.25) is 0 Å². The highest BCUT2D eigenvalue weighted by Gasteiger charge is 2.27. The Bertz CT molecular complexity index is 629. The van der Waals surface area contributed by atoms with E-state index in [1.54, 1.807) is 0 Å². The fraction of sp³-hybridized carbons (Fsp3) is 0.176. The molecule has 0 aliphatic rings. The topological polar surface area (TPSA) is 88.8 Å². The molecule has 3 amide bonds. The van der Waals surface area contributed by atoms with Gasteiger partial charge in [0.05, 0.1) is 0 Å². The van der Waals surface area contributed by atoms with Crippen molar-refractivity contribution in [1.82, 2.24) is 5.32 Å². The molecule has 0 bridgehead atoms. The molecule has 0 fully saturated rings. The summed E-state index contributed by atoms with van der Waals surface area (Å²) >= 11 is 0. The summed E-state index contributed by atoms with van der Waals surface area (Å²) in [4.78, 5) is 23.3. The second kappa shape index (κ2) is 7.38. The van der Waals surface area contributed by atoms with Gasteiger partial charge in [0.1, 0.15) is 6.04 Å². The molecule has 0 saturated heterocycles. The zero-order valence-corrected chi connectivity index (χ0v) is 12.4. The van der Waals surface area contributed by atoms with Crippen LogP contribution in [0.15, 0.2) is 60.7 Å². The fourth-order valence-corrected chi connectivity index (χ4v) is 2.37. The van der Waals surface area contributed by atoms with Gasteiger partial charge in [0.25, 0.3) is 5.91 Å². The highest BCUT2D eigenvalue weighted by Crippen LogP contribution is 2.13. The molecule has 22 heavy (non-hydrogen) atoms. The Morgan fingerprint density at radius 1 is 0.955 bits per heavy atom. The number of carbonyl (C=O) groups is 2. The molecule has 0 aliphatic heterocycles. The largest absolute Gasteiger partial charge is 0.351 e. The number of nitrogens with two attached hydrogens (primary N) is 2. The van der Waals surface area contributed by atoms with Crippen LogP contribution in [-0.2, 0) is 4.79 Å². The first-order valence-corrected chi connectivity index (χ1v) is 7.13. The van der Waals surface area contributed by atoms with Crippen LogP contribution >= 0.6 is 0 Å². The van der Waals surface area contributed by atoms with Gasteiger partial charge in [0.15, 0.2) is 6.04 Å². The van der Waals surface area contributed by atoms with E-state index >= 15 is 0 Å². The molecular weight excluding hydrogens is 278 g/mol. The minimum Gasteiger partial charge on any atom is -0.351 e. The number of amides is 3. The van der Waals surface area contributed by atoms with Crippen LogP contribution < -0.4 is 16.4 Å². The summed E-state index contributed by atoms with van der Waals surface area (Å²) in [5.74, 6) is -0.415. The minimum atomic E-state index is -0.841. The Kier molecular flexibility index (Phi) is 5.27. The number of hydrogen-bond donors (Lipinski definition) is 3. The first-order valence-electron chi connectivity index (χ1n) is 7.13. The van der Waals surface area contributed by atoms with Crippen LogP contribution in [0.4, 0.5) is 4.79 Å². The third-order valence-corrected chi connectivity index (χ3v) is 3.49. The summed E-state index contributed by atoms with van der Waals surface area (Å²) in [5.41, 5.74) is 7.00. The van der Waals surface area contributed by atoms with Gasteiger partial charge in [-0.25, -0.2) is 4.79 Å². The molecule has 5 nitrogen and oxygen atoms in total. The maximum absolute atomic E-state index is 12.3. The van der Waals surface area contributed by atoms with Gasteiger partial charge in [-0.2, -0.15) is 0 Å². The van der Waals surface area contributed by atoms with E-state index in [0.29, 0.717) is 0 Å². The summed E-state index contributed by atoms with van der Waals surface area (Å²) in [6.45, 7) is 2.02. The average molecular weight is 298 g/mol. The van der Waals surface area contributed by atoms with Crippen molar-refractivity contribution in [3.05, 3.63) is 71.8 Å². The molecule has 2 atom stereocenters. The zero-order valence-electron chi connectivity index (χ0n) is 12.4. The lowest BCUT2D eigenvalue weighted by Crippen LogP contribution is -2.88. The summed E-state index contributed by atoms with van der Waals surface area (Å²) in [6, 6.07) is 17.9. The Labute approximate surface area is 129 Å². The standard InChI is InChI=1S/C17H19N3O2/c1-12(13-8-4-2-5-9-13)19-15(16(21)20-17(18)22)14-10-6-3-7-11-14/h2-12,15,19H,1H3,(H3,18,20,21,22)/p+1/t12-,15+/m1/s1. The number of quaternary nitrogens is 1. The molecule has 5 N–H and O–H groups in total. The second-order valence-corrected chi connectivity index (χ2v) is 5.13. The van der Waals surface area contributed by atoms with Crippen molar-refractivity contribution in [2.24, 2.45) is 5.73 Å². The number of benzene rings is 2. The average Bonchev–Trinajstić information content (AvgIpc) is 2.53. The number of primary amides is 1. The maximum Gasteiger partial charge on any atom is 0.319 e. The highest BCUT2D eigenvalue weighted by atomic mass is 16.2. The summed E-state index contributed by atoms with van der Waals surface area (Å²) in [5, 5.41) is 4.09. The van der Waals surface area contributed by atoms with Crippen molar-refractivity contribution >= 4 is 11.9 Å². The number of nitrogens with one attached hydrogen (secondary N) is 1. The van der Waals surface area contributed by atoms with Gasteiger partial charge in [-0.1, -0.05) is 60.7 Å². The number of imide groups is 1. The monoisotopic (exact) mass is 298 g/mol. The molecule has 0 radical (unpaired) electrons. The van der Waals surface area contributed by atoms with E-state index in [4.69, 9.17) is 5.73 Å². The van der Waals surface area contributed by atoms with E-state index in [2.05, 4.69) is 5.32 Å². The quantitative estimate of drug-likeness (QED) is 0.775. The number of rotatable bonds is 5. The third kappa shape index (κ3) is 4.17. The molecule has 0 aliphatic carbocycles. The molecule has 114 valence electrons. The van der Waals surface area contributed by atoms with E-state index in [1.807, 2.05) is 72.9 Å². The van der Waals surface area contributed by atoms with Gasteiger partial charge in [-0.05, 0) is 6.92 Å². The molecule has 2 aromatic rings. The van der Waals surface area contributed by atoms with Crippen LogP contribution in [-0.4, -0.2) is 11.9 Å². The van der Waals surface area contributed by atoms with Crippen LogP contribution in [0.5, 0.6) is 0 Å². The van der Waals surface area contributed by atoms with Crippen molar-refractivity contribution in [3.63, 3.8) is 0 Å². The molecule has 0 heterocycles. The van der Waals surface area contributed by atoms with Gasteiger partial charge < -0.3 is 11.1 Å². The van der Waals surface area contributed by atoms with Crippen molar-refractivity contribution in [2.45, 2.75) is 19.0 Å². The SMILES string of the molecule is C[C@@H]([NH2+][C@H](C(=O)NC(N)=O)c1ccccc1)c1ccccc1. The van der Waals surface area contributed by atoms with Gasteiger partial charge in [0, 0.05) is 11.1 Å². The minimum absolute atomic E-state index is 0.0602. The Morgan fingerprint density at radius 3 is 1.95 bits per heavy atom. The number of carbonyl (C=O) groups excluding carboxylic acids is 2. The van der Waals surface area contributed by atoms with Gasteiger partial charge >= 0.3 is 6.03 Å². The summed E-state index contributed by atoms with van der Waals surface area (Å²) in [7, 11) is 0. The number of urea groups is 1. The molecule has 0 saturated carbocycles. The molecular formula is C17H20N3O2+. The molecule has 2 aromatic carbocycles. The second-order valence-electron chi connectivity index (χ2n) is 5.13. The molecule has 2 rings (SSSR count). The predicted octanol–water partition coefficient (Wildman–Crippen LogP) is 1.25. The highest BCUT2D eigenvalue weighted by molar-refractivity contribution is 5.96. The zero-order chi connectivity index (χ0) is 15.9. The van der Waals surface area contributed by atoms with E-state index in [1.165, 1.54) is 0 Å². The van der Waals surface area contributed by atoms with Crippen LogP contribution in [0, 0.1) is 0 Å². The van der Waals surface area contributed by atoms with Crippen molar-refractivity contribution in [3.8, 4) is 0 Å². The van der Waals surface area contributed by atoms with Crippen LogP contribution in [0.1, 0.15) is 30.1 Å². The van der Waals surface area contributed by atoms with Gasteiger partial charge in [0.2, 0.25) is 0 Å². The maximum atomic E-state index is 12.3. The molecule has 0 spiro atoms. The summed E-state index contributed by atoms with van der Waals surface area (Å²) in [6.07, 6.45) is 0. The van der Waals surface area contributed by atoms with E-state index < -0.39 is 18.0 Å². The lowest BCUT2D eigenvalue weighted by Gasteiger charge is -2.19. The molecule has 0 unspecified atom stereocenters. The van der Waals surface area contributed by atoms with E-state index in [-0.39, 0.29) is 6.04 Å². The lowest BCUT2D eigenvalue weighted by molar-refractivity contribution is -0.719. The smallest absolute Gasteiger partial charge is 0.319 e. The fourth-order valence-electron chi connectivity index (χ4n) is 2.37. The first-order chi connectivity index (χ1) is 10.6. The van der Waals surface area contributed by atoms with E-state index in [9.17, 15) is 9.59 Å². The predicted molar refractivity (Wildman–Crippen MR) is 83.7 cm³/mol. The number of hydrogen-bond acceptors (Lipinski definition) is 2. The Balaban J connectivity index is 2.21. The van der Waals surface area contributed by atoms with E-state index in [0.717, 1.165) is 11.1 Å². The van der Waals surface area contributed by atoms with Crippen molar-refractivity contribution in [2.75, 3.05) is 0 Å². The molecule has 5 heteroatoms. The lowest BCUT2D eigenvalue weighted by atomic mass is 10.0. The summed E-state index contributed by atoms with van der Waals surface area (Å²) < 4.78 is 0. The van der Waals surface area contributed by atoms with Crippen LogP contribution in [0.3, 0.4) is 0 Å². The van der Waals surface area contributed by atoms with Crippen molar-refractivity contribution < 1.29 is 14.9 Å². The van der Waals surface area contributed by atoms with Gasteiger partial charge in [-0.3, -0.25) is 10.1 Å². The molecule has 0 aromatic heterocycles. The first kappa shape index (κ1) is 15.7. The Morgan fingerprint density at radius 2 is 1.45 bits per heavy atom. The van der Waals surface area contributed by atoms with Crippen molar-refractivity contribution in [1.29, 1.82) is 0 Å².